The molecule has 1 amide bonds. The normalized spacial score (nSPS) is 21.9. The molecular formula is C25H39FN2O6Si. The van der Waals surface area contributed by atoms with Gasteiger partial charge in [-0.05, 0) is 58.0 Å². The fourth-order valence-electron chi connectivity index (χ4n) is 3.42. The van der Waals surface area contributed by atoms with Gasteiger partial charge in [-0.2, -0.15) is 0 Å². The Balaban J connectivity index is 2.31. The van der Waals surface area contributed by atoms with Crippen molar-refractivity contribution in [2.45, 2.75) is 90.4 Å². The highest BCUT2D eigenvalue weighted by molar-refractivity contribution is 6.74. The predicted octanol–water partition coefficient (Wildman–Crippen LogP) is 6.16. The van der Waals surface area contributed by atoms with Gasteiger partial charge in [-0.15, -0.1) is 0 Å². The van der Waals surface area contributed by atoms with Gasteiger partial charge in [0.15, 0.2) is 8.32 Å². The average Bonchev–Trinajstić information content (AvgIpc) is 2.69. The molecule has 0 bridgehead atoms. The van der Waals surface area contributed by atoms with Crippen molar-refractivity contribution in [2.75, 3.05) is 13.2 Å². The van der Waals surface area contributed by atoms with Crippen LogP contribution in [0, 0.1) is 15.9 Å². The van der Waals surface area contributed by atoms with Crippen molar-refractivity contribution in [1.82, 2.24) is 4.90 Å². The van der Waals surface area contributed by atoms with Crippen LogP contribution < -0.4 is 0 Å². The minimum Gasteiger partial charge on any atom is -0.444 e. The molecule has 0 spiro atoms. The molecule has 0 N–H and O–H groups in total. The predicted molar refractivity (Wildman–Crippen MR) is 136 cm³/mol. The third-order valence-corrected chi connectivity index (χ3v) is 11.0. The molecule has 0 aliphatic carbocycles. The maximum atomic E-state index is 14.3. The molecule has 35 heavy (non-hydrogen) atoms. The fraction of sp³-hybridized carbons (Fsp3) is 0.640. The second-order valence-corrected chi connectivity index (χ2v) is 16.2. The summed E-state index contributed by atoms with van der Waals surface area (Å²) in [6, 6.07) is 3.32. The van der Waals surface area contributed by atoms with E-state index in [0.29, 0.717) is 6.61 Å². The van der Waals surface area contributed by atoms with Gasteiger partial charge in [-0.1, -0.05) is 32.9 Å². The first kappa shape index (κ1) is 28.9. The summed E-state index contributed by atoms with van der Waals surface area (Å²) >= 11 is 0. The topological polar surface area (TPSA) is 91.1 Å². The third kappa shape index (κ3) is 7.59. The summed E-state index contributed by atoms with van der Waals surface area (Å²) in [4.78, 5) is 25.4. The second-order valence-electron chi connectivity index (χ2n) is 11.4. The second kappa shape index (κ2) is 10.8. The van der Waals surface area contributed by atoms with Crippen LogP contribution >= 0.6 is 0 Å². The summed E-state index contributed by atoms with van der Waals surface area (Å²) in [5, 5.41) is 11.3. The van der Waals surface area contributed by atoms with E-state index in [1.807, 2.05) is 6.92 Å². The van der Waals surface area contributed by atoms with Crippen molar-refractivity contribution in [2.24, 2.45) is 0 Å². The zero-order valence-electron chi connectivity index (χ0n) is 22.3. The Bertz CT molecular complexity index is 954. The first-order valence-corrected chi connectivity index (χ1v) is 14.7. The lowest BCUT2D eigenvalue weighted by Crippen LogP contribution is -2.59. The first-order valence-electron chi connectivity index (χ1n) is 11.8. The van der Waals surface area contributed by atoms with Gasteiger partial charge in [-0.25, -0.2) is 9.18 Å². The Morgan fingerprint density at radius 2 is 1.91 bits per heavy atom. The smallest absolute Gasteiger partial charge is 0.410 e. The minimum absolute atomic E-state index is 0.00224. The van der Waals surface area contributed by atoms with Crippen LogP contribution in [0.3, 0.4) is 0 Å². The number of morpholine rings is 1. The summed E-state index contributed by atoms with van der Waals surface area (Å²) in [6.45, 7) is 18.4. The Morgan fingerprint density at radius 3 is 2.46 bits per heavy atom. The molecule has 1 heterocycles. The summed E-state index contributed by atoms with van der Waals surface area (Å²) in [7, 11) is -2.08. The van der Waals surface area contributed by atoms with E-state index >= 15 is 0 Å². The molecule has 10 heteroatoms. The van der Waals surface area contributed by atoms with E-state index in [4.69, 9.17) is 13.9 Å². The van der Waals surface area contributed by atoms with E-state index in [1.165, 1.54) is 18.2 Å². The van der Waals surface area contributed by atoms with E-state index < -0.39 is 43.0 Å². The first-order chi connectivity index (χ1) is 15.9. The molecule has 1 aromatic carbocycles. The van der Waals surface area contributed by atoms with E-state index in [1.54, 1.807) is 31.7 Å². The summed E-state index contributed by atoms with van der Waals surface area (Å²) in [5.74, 6) is -0.705. The zero-order valence-corrected chi connectivity index (χ0v) is 23.3. The average molecular weight is 511 g/mol. The number of halogens is 1. The van der Waals surface area contributed by atoms with E-state index in [-0.39, 0.29) is 28.9 Å². The largest absolute Gasteiger partial charge is 0.444 e. The number of nitro benzene ring substituents is 1. The highest BCUT2D eigenvalue weighted by Crippen LogP contribution is 2.37. The molecule has 1 fully saturated rings. The van der Waals surface area contributed by atoms with Gasteiger partial charge in [0.05, 0.1) is 41.9 Å². The lowest BCUT2D eigenvalue weighted by molar-refractivity contribution is -0.385. The van der Waals surface area contributed by atoms with Crippen molar-refractivity contribution in [3.8, 4) is 0 Å². The number of rotatable bonds is 6. The molecule has 196 valence electrons. The number of nitrogens with zero attached hydrogens (tertiary/aromatic N) is 2. The van der Waals surface area contributed by atoms with Gasteiger partial charge in [0.1, 0.15) is 11.4 Å². The van der Waals surface area contributed by atoms with Crippen LogP contribution in [0.4, 0.5) is 14.9 Å². The lowest BCUT2D eigenvalue weighted by Gasteiger charge is -2.45. The van der Waals surface area contributed by atoms with Crippen LogP contribution in [-0.2, 0) is 13.9 Å². The number of carbonyl (C=O) groups excluding carboxylic acids is 1. The lowest BCUT2D eigenvalue weighted by atomic mass is 10.1. The number of hydrogen-bond donors (Lipinski definition) is 0. The Morgan fingerprint density at radius 1 is 1.29 bits per heavy atom. The Labute approximate surface area is 208 Å². The number of carbonyl (C=O) groups is 1. The SMILES string of the molecule is C[C@@H]1O[C@H](/C=C/c2c(F)cccc2[N+](=O)[O-])CN(C(=O)OC(C)(C)C)[C@@H]1CO[Si](C)(C)C(C)(C)C. The van der Waals surface area contributed by atoms with E-state index in [2.05, 4.69) is 33.9 Å². The van der Waals surface area contributed by atoms with Crippen molar-refractivity contribution in [1.29, 1.82) is 0 Å². The maximum absolute atomic E-state index is 14.3. The van der Waals surface area contributed by atoms with Gasteiger partial charge >= 0.3 is 6.09 Å². The van der Waals surface area contributed by atoms with Gasteiger partial charge in [-0.3, -0.25) is 15.0 Å². The Kier molecular flexibility index (Phi) is 8.89. The van der Waals surface area contributed by atoms with Gasteiger partial charge in [0.25, 0.3) is 5.69 Å². The van der Waals surface area contributed by atoms with Gasteiger partial charge in [0.2, 0.25) is 0 Å². The van der Waals surface area contributed by atoms with Crippen molar-refractivity contribution in [3.63, 3.8) is 0 Å². The Hall–Kier alpha value is -2.30. The number of hydrogen-bond acceptors (Lipinski definition) is 6. The molecule has 1 aromatic rings. The third-order valence-electron chi connectivity index (χ3n) is 6.46. The number of benzene rings is 1. The maximum Gasteiger partial charge on any atom is 0.410 e. The summed E-state index contributed by atoms with van der Waals surface area (Å²) < 4.78 is 32.5. The van der Waals surface area contributed by atoms with Crippen molar-refractivity contribution in [3.05, 3.63) is 45.8 Å². The standard InChI is InChI=1S/C25H39FN2O6Si/c1-17-22(16-32-35(8,9)25(5,6)7)27(23(29)34-24(2,3)4)15-18(33-17)13-14-19-20(26)11-10-12-21(19)28(30)31/h10-14,17-18,22H,15-16H2,1-9H3/b14-13+/t17-,18+,22+/m0/s1. The van der Waals surface area contributed by atoms with Crippen LogP contribution in [0.5, 0.6) is 0 Å². The molecule has 2 rings (SSSR count). The van der Waals surface area contributed by atoms with E-state index in [0.717, 1.165) is 6.07 Å². The van der Waals surface area contributed by atoms with Crippen LogP contribution in [0.15, 0.2) is 24.3 Å². The molecule has 0 unspecified atom stereocenters. The van der Waals surface area contributed by atoms with Crippen molar-refractivity contribution >= 4 is 26.2 Å². The van der Waals surface area contributed by atoms with Crippen LogP contribution in [0.1, 0.15) is 54.0 Å². The molecule has 1 aliphatic heterocycles. The van der Waals surface area contributed by atoms with Gasteiger partial charge in [0, 0.05) is 6.07 Å². The molecule has 1 saturated heterocycles. The highest BCUT2D eigenvalue weighted by Gasteiger charge is 2.42. The highest BCUT2D eigenvalue weighted by atomic mass is 28.4. The molecular weight excluding hydrogens is 471 g/mol. The molecule has 0 aromatic heterocycles. The van der Waals surface area contributed by atoms with E-state index in [9.17, 15) is 19.3 Å². The van der Waals surface area contributed by atoms with Crippen LogP contribution in [0.2, 0.25) is 18.1 Å². The molecule has 1 aliphatic rings. The van der Waals surface area contributed by atoms with Gasteiger partial charge < -0.3 is 13.9 Å². The summed E-state index contributed by atoms with van der Waals surface area (Å²) in [5.41, 5.74) is -1.17. The number of nitro groups is 1. The molecule has 8 nitrogen and oxygen atoms in total. The molecule has 0 radical (unpaired) electrons. The quantitative estimate of drug-likeness (QED) is 0.258. The monoisotopic (exact) mass is 510 g/mol. The van der Waals surface area contributed by atoms with Crippen LogP contribution in [-0.4, -0.2) is 61.2 Å². The molecule has 3 atom stereocenters. The number of amides is 1. The van der Waals surface area contributed by atoms with Crippen LogP contribution in [0.25, 0.3) is 6.08 Å². The summed E-state index contributed by atoms with van der Waals surface area (Å²) in [6.07, 6.45) is 1.37. The number of ether oxygens (including phenoxy) is 2. The zero-order chi connectivity index (χ0) is 26.8. The minimum atomic E-state index is -2.08. The molecule has 0 saturated carbocycles. The fourth-order valence-corrected chi connectivity index (χ4v) is 4.44. The van der Waals surface area contributed by atoms with Crippen molar-refractivity contribution < 1.29 is 28.0 Å².